The first-order valence-corrected chi connectivity index (χ1v) is 7.36. The second-order valence-corrected chi connectivity index (χ2v) is 5.20. The van der Waals surface area contributed by atoms with Crippen molar-refractivity contribution < 1.29 is 9.90 Å². The standard InChI is InChI=1S/C16H16O2S/c1-19-15-9-7-14(8-10-15)13-5-2-12(3-6-13)4-11-16(17)18/h2-3,5-10H,4,11H2,1H3,(H,17,18). The molecule has 2 aromatic carbocycles. The molecule has 98 valence electrons. The molecular formula is C16H16O2S. The number of benzene rings is 2. The SMILES string of the molecule is CSc1ccc(-c2ccc(CCC(=O)O)cc2)cc1. The molecule has 3 heteroatoms. The van der Waals surface area contributed by atoms with E-state index in [1.54, 1.807) is 11.8 Å². The zero-order chi connectivity index (χ0) is 13.7. The van der Waals surface area contributed by atoms with Gasteiger partial charge in [0.25, 0.3) is 0 Å². The van der Waals surface area contributed by atoms with Gasteiger partial charge in [0.2, 0.25) is 0 Å². The molecule has 0 radical (unpaired) electrons. The van der Waals surface area contributed by atoms with E-state index in [2.05, 4.69) is 30.5 Å². The van der Waals surface area contributed by atoms with Crippen molar-refractivity contribution in [3.63, 3.8) is 0 Å². The molecule has 0 aromatic heterocycles. The molecule has 0 aliphatic rings. The van der Waals surface area contributed by atoms with E-state index in [0.717, 1.165) is 11.1 Å². The van der Waals surface area contributed by atoms with E-state index < -0.39 is 5.97 Å². The summed E-state index contributed by atoms with van der Waals surface area (Å²) in [5.74, 6) is -0.753. The van der Waals surface area contributed by atoms with Gasteiger partial charge < -0.3 is 5.11 Å². The lowest BCUT2D eigenvalue weighted by Crippen LogP contribution is -1.97. The summed E-state index contributed by atoms with van der Waals surface area (Å²) in [6.45, 7) is 0. The molecular weight excluding hydrogens is 256 g/mol. The number of carboxylic acids is 1. The third-order valence-corrected chi connectivity index (χ3v) is 3.75. The highest BCUT2D eigenvalue weighted by Gasteiger charge is 2.01. The normalized spacial score (nSPS) is 10.4. The molecule has 0 bridgehead atoms. The smallest absolute Gasteiger partial charge is 0.303 e. The number of hydrogen-bond donors (Lipinski definition) is 1. The average molecular weight is 272 g/mol. The molecule has 0 heterocycles. The molecule has 0 spiro atoms. The molecule has 1 N–H and O–H groups in total. The van der Waals surface area contributed by atoms with Crippen molar-refractivity contribution >= 4 is 17.7 Å². The predicted molar refractivity (Wildman–Crippen MR) is 79.6 cm³/mol. The number of aliphatic carboxylic acids is 1. The van der Waals surface area contributed by atoms with Crippen LogP contribution in [-0.2, 0) is 11.2 Å². The molecule has 0 saturated heterocycles. The molecule has 0 unspecified atom stereocenters. The van der Waals surface area contributed by atoms with Gasteiger partial charge in [-0.2, -0.15) is 0 Å². The summed E-state index contributed by atoms with van der Waals surface area (Å²) in [4.78, 5) is 11.8. The average Bonchev–Trinajstić information content (AvgIpc) is 2.46. The third kappa shape index (κ3) is 3.86. The molecule has 2 rings (SSSR count). The minimum atomic E-state index is -0.753. The number of hydrogen-bond acceptors (Lipinski definition) is 2. The third-order valence-electron chi connectivity index (χ3n) is 3.00. The Kier molecular flexibility index (Phi) is 4.63. The first kappa shape index (κ1) is 13.7. The van der Waals surface area contributed by atoms with Crippen LogP contribution >= 0.6 is 11.8 Å². The second-order valence-electron chi connectivity index (χ2n) is 4.32. The summed E-state index contributed by atoms with van der Waals surface area (Å²) in [6.07, 6.45) is 2.83. The van der Waals surface area contributed by atoms with Gasteiger partial charge in [-0.25, -0.2) is 0 Å². The van der Waals surface area contributed by atoms with Crippen molar-refractivity contribution in [2.24, 2.45) is 0 Å². The minimum Gasteiger partial charge on any atom is -0.481 e. The highest BCUT2D eigenvalue weighted by Crippen LogP contribution is 2.23. The summed E-state index contributed by atoms with van der Waals surface area (Å²) in [5, 5.41) is 8.65. The molecule has 0 atom stereocenters. The van der Waals surface area contributed by atoms with E-state index in [1.807, 2.05) is 24.3 Å². The largest absolute Gasteiger partial charge is 0.481 e. The van der Waals surface area contributed by atoms with Crippen LogP contribution in [0.15, 0.2) is 53.4 Å². The van der Waals surface area contributed by atoms with Gasteiger partial charge in [0.15, 0.2) is 0 Å². The van der Waals surface area contributed by atoms with Gasteiger partial charge in [-0.1, -0.05) is 36.4 Å². The van der Waals surface area contributed by atoms with Crippen LogP contribution in [-0.4, -0.2) is 17.3 Å². The zero-order valence-electron chi connectivity index (χ0n) is 10.8. The highest BCUT2D eigenvalue weighted by molar-refractivity contribution is 7.98. The lowest BCUT2D eigenvalue weighted by atomic mass is 10.0. The van der Waals surface area contributed by atoms with Crippen LogP contribution in [0.4, 0.5) is 0 Å². The van der Waals surface area contributed by atoms with Crippen LogP contribution in [0.5, 0.6) is 0 Å². The molecule has 0 aliphatic carbocycles. The van der Waals surface area contributed by atoms with Gasteiger partial charge in [-0.3, -0.25) is 4.79 Å². The fourth-order valence-electron chi connectivity index (χ4n) is 1.90. The number of carboxylic acid groups (broad SMARTS) is 1. The molecule has 19 heavy (non-hydrogen) atoms. The number of rotatable bonds is 5. The summed E-state index contributed by atoms with van der Waals surface area (Å²) >= 11 is 1.73. The van der Waals surface area contributed by atoms with E-state index in [4.69, 9.17) is 5.11 Å². The summed E-state index contributed by atoms with van der Waals surface area (Å²) < 4.78 is 0. The highest BCUT2D eigenvalue weighted by atomic mass is 32.2. The maximum Gasteiger partial charge on any atom is 0.303 e. The van der Waals surface area contributed by atoms with Crippen molar-refractivity contribution in [2.45, 2.75) is 17.7 Å². The van der Waals surface area contributed by atoms with E-state index in [1.165, 1.54) is 10.5 Å². The van der Waals surface area contributed by atoms with Crippen LogP contribution in [0.3, 0.4) is 0 Å². The molecule has 0 amide bonds. The van der Waals surface area contributed by atoms with Gasteiger partial charge in [0.05, 0.1) is 0 Å². The van der Waals surface area contributed by atoms with Gasteiger partial charge in [-0.05, 0) is 41.5 Å². The molecule has 2 nitrogen and oxygen atoms in total. The Hall–Kier alpha value is -1.74. The Morgan fingerprint density at radius 3 is 2.00 bits per heavy atom. The van der Waals surface area contributed by atoms with Gasteiger partial charge >= 0.3 is 5.97 Å². The van der Waals surface area contributed by atoms with Crippen LogP contribution in [0.2, 0.25) is 0 Å². The first-order chi connectivity index (χ1) is 9.19. The maximum atomic E-state index is 10.5. The van der Waals surface area contributed by atoms with E-state index in [0.29, 0.717) is 6.42 Å². The van der Waals surface area contributed by atoms with Crippen LogP contribution in [0.1, 0.15) is 12.0 Å². The van der Waals surface area contributed by atoms with Gasteiger partial charge in [0.1, 0.15) is 0 Å². The topological polar surface area (TPSA) is 37.3 Å². The summed E-state index contributed by atoms with van der Waals surface area (Å²) in [6, 6.07) is 16.5. The van der Waals surface area contributed by atoms with Crippen molar-refractivity contribution in [3.05, 3.63) is 54.1 Å². The Morgan fingerprint density at radius 2 is 1.53 bits per heavy atom. The van der Waals surface area contributed by atoms with Crippen molar-refractivity contribution in [2.75, 3.05) is 6.26 Å². The van der Waals surface area contributed by atoms with Crippen molar-refractivity contribution in [1.29, 1.82) is 0 Å². The molecule has 0 saturated carbocycles. The fourth-order valence-corrected chi connectivity index (χ4v) is 2.31. The Balaban J connectivity index is 2.10. The second kappa shape index (κ2) is 6.43. The lowest BCUT2D eigenvalue weighted by molar-refractivity contribution is -0.136. The quantitative estimate of drug-likeness (QED) is 0.833. The molecule has 0 aliphatic heterocycles. The number of thioether (sulfide) groups is 1. The van der Waals surface area contributed by atoms with Crippen LogP contribution in [0.25, 0.3) is 11.1 Å². The van der Waals surface area contributed by atoms with Gasteiger partial charge in [-0.15, -0.1) is 11.8 Å². The van der Waals surface area contributed by atoms with Crippen molar-refractivity contribution in [3.8, 4) is 11.1 Å². The molecule has 0 fully saturated rings. The Bertz CT molecular complexity index is 544. The minimum absolute atomic E-state index is 0.182. The van der Waals surface area contributed by atoms with E-state index in [-0.39, 0.29) is 6.42 Å². The van der Waals surface area contributed by atoms with Crippen LogP contribution < -0.4 is 0 Å². The molecule has 2 aromatic rings. The summed E-state index contributed by atoms with van der Waals surface area (Å²) in [5.41, 5.74) is 3.40. The van der Waals surface area contributed by atoms with Crippen LogP contribution in [0, 0.1) is 0 Å². The van der Waals surface area contributed by atoms with Gasteiger partial charge in [0, 0.05) is 11.3 Å². The zero-order valence-corrected chi connectivity index (χ0v) is 11.6. The number of carbonyl (C=O) groups is 1. The maximum absolute atomic E-state index is 10.5. The fraction of sp³-hybridized carbons (Fsp3) is 0.188. The Morgan fingerprint density at radius 1 is 1.00 bits per heavy atom. The van der Waals surface area contributed by atoms with E-state index >= 15 is 0 Å². The number of aryl methyl sites for hydroxylation is 1. The monoisotopic (exact) mass is 272 g/mol. The Labute approximate surface area is 117 Å². The predicted octanol–water partition coefficient (Wildman–Crippen LogP) is 4.09. The lowest BCUT2D eigenvalue weighted by Gasteiger charge is -2.05. The summed E-state index contributed by atoms with van der Waals surface area (Å²) in [7, 11) is 0. The first-order valence-electron chi connectivity index (χ1n) is 6.14. The van der Waals surface area contributed by atoms with Crippen molar-refractivity contribution in [1.82, 2.24) is 0 Å². The van der Waals surface area contributed by atoms with E-state index in [9.17, 15) is 4.79 Å².